The second-order valence-electron chi connectivity index (χ2n) is 7.10. The maximum absolute atomic E-state index is 12.1. The molecular weight excluding hydrogens is 352 g/mol. The summed E-state index contributed by atoms with van der Waals surface area (Å²) in [5.41, 5.74) is 5.73. The third-order valence-electron chi connectivity index (χ3n) is 5.21. The first kappa shape index (κ1) is 18.8. The topological polar surface area (TPSA) is 98.5 Å². The molecule has 140 valence electrons. The van der Waals surface area contributed by atoms with Crippen LogP contribution in [-0.4, -0.2) is 30.1 Å². The number of nitrogens with two attached hydrogens (primary N) is 1. The van der Waals surface area contributed by atoms with Gasteiger partial charge in [0.15, 0.2) is 6.61 Å². The van der Waals surface area contributed by atoms with Crippen molar-refractivity contribution in [3.05, 3.63) is 24.3 Å². The van der Waals surface area contributed by atoms with Crippen LogP contribution < -0.4 is 11.1 Å². The number of benzene rings is 1. The Morgan fingerprint density at radius 2 is 2.00 bits per heavy atom. The van der Waals surface area contributed by atoms with Gasteiger partial charge in [0, 0.05) is 11.3 Å². The molecule has 1 aromatic rings. The fourth-order valence-electron chi connectivity index (χ4n) is 4.08. The van der Waals surface area contributed by atoms with E-state index in [2.05, 4.69) is 5.32 Å². The van der Waals surface area contributed by atoms with Crippen molar-refractivity contribution in [3.63, 3.8) is 0 Å². The fourth-order valence-corrected chi connectivity index (χ4v) is 4.82. The van der Waals surface area contributed by atoms with Gasteiger partial charge in [-0.25, -0.2) is 0 Å². The Morgan fingerprint density at radius 1 is 1.19 bits per heavy atom. The molecule has 0 aromatic heterocycles. The summed E-state index contributed by atoms with van der Waals surface area (Å²) in [6, 6.07) is 7.13. The van der Waals surface area contributed by atoms with Gasteiger partial charge in [0.05, 0.1) is 11.4 Å². The van der Waals surface area contributed by atoms with Crippen molar-refractivity contribution in [3.8, 4) is 0 Å². The number of hydrogen-bond acceptors (Lipinski definition) is 5. The van der Waals surface area contributed by atoms with Crippen LogP contribution in [0.5, 0.6) is 0 Å². The summed E-state index contributed by atoms with van der Waals surface area (Å²) in [6.07, 6.45) is 5.31. The maximum atomic E-state index is 12.1. The highest BCUT2D eigenvalue weighted by atomic mass is 32.2. The number of esters is 1. The van der Waals surface area contributed by atoms with Gasteiger partial charge in [0.2, 0.25) is 5.91 Å². The monoisotopic (exact) mass is 376 g/mol. The van der Waals surface area contributed by atoms with Crippen molar-refractivity contribution in [1.82, 2.24) is 0 Å². The first-order valence-electron chi connectivity index (χ1n) is 8.97. The van der Waals surface area contributed by atoms with Crippen LogP contribution in [-0.2, 0) is 19.1 Å². The second-order valence-corrected chi connectivity index (χ2v) is 8.12. The predicted octanol–water partition coefficient (Wildman–Crippen LogP) is 2.57. The zero-order chi connectivity index (χ0) is 18.5. The molecule has 2 aliphatic carbocycles. The number of para-hydroxylation sites is 1. The molecule has 0 heterocycles. The lowest BCUT2D eigenvalue weighted by atomic mass is 9.86. The Morgan fingerprint density at radius 3 is 2.69 bits per heavy atom. The van der Waals surface area contributed by atoms with Crippen LogP contribution in [0.3, 0.4) is 0 Å². The summed E-state index contributed by atoms with van der Waals surface area (Å²) in [7, 11) is 0. The molecule has 2 bridgehead atoms. The van der Waals surface area contributed by atoms with Crippen LogP contribution in [0.15, 0.2) is 29.2 Å². The van der Waals surface area contributed by atoms with Crippen molar-refractivity contribution in [2.45, 2.75) is 37.0 Å². The van der Waals surface area contributed by atoms with Crippen molar-refractivity contribution in [2.24, 2.45) is 23.5 Å². The Labute approximate surface area is 157 Å². The van der Waals surface area contributed by atoms with E-state index in [9.17, 15) is 14.4 Å². The van der Waals surface area contributed by atoms with E-state index in [-0.39, 0.29) is 18.3 Å². The van der Waals surface area contributed by atoms with Gasteiger partial charge < -0.3 is 15.8 Å². The van der Waals surface area contributed by atoms with Crippen LogP contribution >= 0.6 is 11.8 Å². The number of thioether (sulfide) groups is 1. The van der Waals surface area contributed by atoms with Gasteiger partial charge in [-0.05, 0) is 49.1 Å². The highest BCUT2D eigenvalue weighted by Crippen LogP contribution is 2.49. The van der Waals surface area contributed by atoms with Gasteiger partial charge in [0.25, 0.3) is 5.91 Å². The normalized spacial score (nSPS) is 23.6. The molecule has 7 heteroatoms. The van der Waals surface area contributed by atoms with Crippen LogP contribution in [0.4, 0.5) is 5.69 Å². The van der Waals surface area contributed by atoms with Gasteiger partial charge in [-0.1, -0.05) is 18.6 Å². The lowest BCUT2D eigenvalue weighted by Gasteiger charge is -2.20. The molecule has 2 fully saturated rings. The molecule has 3 atom stereocenters. The lowest BCUT2D eigenvalue weighted by molar-refractivity contribution is -0.148. The van der Waals surface area contributed by atoms with Crippen LogP contribution in [0.25, 0.3) is 0 Å². The molecule has 0 radical (unpaired) electrons. The molecule has 2 saturated carbocycles. The summed E-state index contributed by atoms with van der Waals surface area (Å²) in [4.78, 5) is 35.8. The van der Waals surface area contributed by atoms with E-state index < -0.39 is 11.8 Å². The standard InChI is InChI=1S/C19H24N2O4S/c20-17(22)11-26-16-4-2-1-3-15(16)21-18(23)10-25-19(24)9-14-8-12-5-6-13(14)7-12/h1-4,12-14H,5-11H2,(H2,20,22)(H,21,23)/t12-,13-,14+/m1/s1. The molecule has 0 unspecified atom stereocenters. The molecule has 2 amide bonds. The van der Waals surface area contributed by atoms with Gasteiger partial charge in [-0.3, -0.25) is 14.4 Å². The SMILES string of the molecule is NC(=O)CSc1ccccc1NC(=O)COC(=O)C[C@@H]1C[C@@H]2CC[C@@H]1C2. The molecule has 6 nitrogen and oxygen atoms in total. The minimum absolute atomic E-state index is 0.130. The van der Waals surface area contributed by atoms with Crippen LogP contribution in [0.1, 0.15) is 32.1 Å². The number of anilines is 1. The lowest BCUT2D eigenvalue weighted by Crippen LogP contribution is -2.23. The van der Waals surface area contributed by atoms with Gasteiger partial charge in [0.1, 0.15) is 0 Å². The molecular formula is C19H24N2O4S. The van der Waals surface area contributed by atoms with E-state index in [0.717, 1.165) is 17.2 Å². The van der Waals surface area contributed by atoms with Gasteiger partial charge in [-0.15, -0.1) is 11.8 Å². The van der Waals surface area contributed by atoms with Crippen molar-refractivity contribution in [1.29, 1.82) is 0 Å². The number of primary amides is 1. The molecule has 0 aliphatic heterocycles. The minimum Gasteiger partial charge on any atom is -0.456 e. The number of carbonyl (C=O) groups is 3. The summed E-state index contributed by atoms with van der Waals surface area (Å²) in [6.45, 7) is -0.297. The molecule has 0 saturated heterocycles. The van der Waals surface area contributed by atoms with Gasteiger partial charge >= 0.3 is 5.97 Å². The summed E-state index contributed by atoms with van der Waals surface area (Å²) in [5, 5.41) is 2.72. The largest absolute Gasteiger partial charge is 0.456 e. The number of ether oxygens (including phenoxy) is 1. The number of rotatable bonds is 8. The number of amides is 2. The molecule has 26 heavy (non-hydrogen) atoms. The highest BCUT2D eigenvalue weighted by Gasteiger charge is 2.40. The molecule has 1 aromatic carbocycles. The number of nitrogens with one attached hydrogen (secondary N) is 1. The molecule has 0 spiro atoms. The quantitative estimate of drug-likeness (QED) is 0.537. The predicted molar refractivity (Wildman–Crippen MR) is 99.5 cm³/mol. The third-order valence-corrected chi connectivity index (χ3v) is 6.30. The van der Waals surface area contributed by atoms with Crippen molar-refractivity contribution in [2.75, 3.05) is 17.7 Å². The second kappa shape index (κ2) is 8.58. The van der Waals surface area contributed by atoms with E-state index in [1.165, 1.54) is 31.0 Å². The number of fused-ring (bicyclic) bond motifs is 2. The van der Waals surface area contributed by atoms with E-state index in [0.29, 0.717) is 23.9 Å². The Balaban J connectivity index is 1.44. The molecule has 3 N–H and O–H groups in total. The van der Waals surface area contributed by atoms with Crippen LogP contribution in [0, 0.1) is 17.8 Å². The number of hydrogen-bond donors (Lipinski definition) is 2. The van der Waals surface area contributed by atoms with Crippen molar-refractivity contribution < 1.29 is 19.1 Å². The van der Waals surface area contributed by atoms with E-state index in [1.54, 1.807) is 18.2 Å². The number of carbonyl (C=O) groups excluding carboxylic acids is 3. The summed E-state index contributed by atoms with van der Waals surface area (Å²) >= 11 is 1.25. The summed E-state index contributed by atoms with van der Waals surface area (Å²) in [5.74, 6) is 0.894. The van der Waals surface area contributed by atoms with Crippen LogP contribution in [0.2, 0.25) is 0 Å². The zero-order valence-electron chi connectivity index (χ0n) is 14.6. The first-order chi connectivity index (χ1) is 12.5. The Kier molecular flexibility index (Phi) is 6.19. The average Bonchev–Trinajstić information content (AvgIpc) is 3.22. The smallest absolute Gasteiger partial charge is 0.306 e. The Hall–Kier alpha value is -2.02. The maximum Gasteiger partial charge on any atom is 0.306 e. The van der Waals surface area contributed by atoms with Gasteiger partial charge in [-0.2, -0.15) is 0 Å². The highest BCUT2D eigenvalue weighted by molar-refractivity contribution is 8.00. The minimum atomic E-state index is -0.425. The van der Waals surface area contributed by atoms with E-state index >= 15 is 0 Å². The molecule has 3 rings (SSSR count). The summed E-state index contributed by atoms with van der Waals surface area (Å²) < 4.78 is 5.15. The Bertz CT molecular complexity index is 694. The van der Waals surface area contributed by atoms with E-state index in [4.69, 9.17) is 10.5 Å². The zero-order valence-corrected chi connectivity index (χ0v) is 15.4. The third kappa shape index (κ3) is 5.00. The fraction of sp³-hybridized carbons (Fsp3) is 0.526. The average molecular weight is 376 g/mol. The first-order valence-corrected chi connectivity index (χ1v) is 9.95. The van der Waals surface area contributed by atoms with E-state index in [1.807, 2.05) is 6.07 Å². The molecule has 2 aliphatic rings. The van der Waals surface area contributed by atoms with Crippen molar-refractivity contribution >= 4 is 35.2 Å².